The molecule has 1 aromatic heterocycles. The lowest BCUT2D eigenvalue weighted by molar-refractivity contribution is 0.475. The van der Waals surface area contributed by atoms with Crippen molar-refractivity contribution < 1.29 is 9.52 Å². The Balaban J connectivity index is 1.87. The standard InChI is InChI=1S/C17H12ClNO2/c18-15(10-12-6-8-14(20)9-7-12)17-19-11-16(21-17)13-4-2-1-3-5-13/h1-11,20H/b15-10-. The number of hydrogen-bond acceptors (Lipinski definition) is 3. The highest BCUT2D eigenvalue weighted by Crippen LogP contribution is 2.27. The van der Waals surface area contributed by atoms with Crippen LogP contribution in [0.25, 0.3) is 22.4 Å². The predicted molar refractivity (Wildman–Crippen MR) is 83.8 cm³/mol. The van der Waals surface area contributed by atoms with Crippen LogP contribution in [0.4, 0.5) is 0 Å². The Hall–Kier alpha value is -2.52. The quantitative estimate of drug-likeness (QED) is 0.756. The van der Waals surface area contributed by atoms with E-state index in [0.717, 1.165) is 11.1 Å². The van der Waals surface area contributed by atoms with E-state index in [9.17, 15) is 5.11 Å². The first-order valence-corrected chi connectivity index (χ1v) is 6.78. The lowest BCUT2D eigenvalue weighted by Crippen LogP contribution is -1.77. The van der Waals surface area contributed by atoms with E-state index in [-0.39, 0.29) is 5.75 Å². The summed E-state index contributed by atoms with van der Waals surface area (Å²) in [5.74, 6) is 1.25. The van der Waals surface area contributed by atoms with E-state index in [1.165, 1.54) is 0 Å². The van der Waals surface area contributed by atoms with Crippen molar-refractivity contribution in [1.82, 2.24) is 4.98 Å². The van der Waals surface area contributed by atoms with Crippen LogP contribution in [0.15, 0.2) is 65.2 Å². The predicted octanol–water partition coefficient (Wildman–Crippen LogP) is 4.78. The first kappa shape index (κ1) is 13.5. The van der Waals surface area contributed by atoms with E-state index in [1.807, 2.05) is 30.3 Å². The van der Waals surface area contributed by atoms with Crippen molar-refractivity contribution in [2.75, 3.05) is 0 Å². The number of nitrogens with zero attached hydrogens (tertiary/aromatic N) is 1. The highest BCUT2D eigenvalue weighted by molar-refractivity contribution is 6.50. The molecular weight excluding hydrogens is 286 g/mol. The molecule has 0 aliphatic carbocycles. The molecule has 0 saturated heterocycles. The zero-order valence-corrected chi connectivity index (χ0v) is 11.8. The number of hydrogen-bond donors (Lipinski definition) is 1. The molecule has 3 aromatic rings. The van der Waals surface area contributed by atoms with E-state index < -0.39 is 0 Å². The summed E-state index contributed by atoms with van der Waals surface area (Å²) in [5, 5.41) is 9.66. The molecule has 0 aliphatic heterocycles. The summed E-state index contributed by atoms with van der Waals surface area (Å²) in [6.07, 6.45) is 3.39. The van der Waals surface area contributed by atoms with Gasteiger partial charge in [-0.05, 0) is 23.8 Å². The molecule has 0 bridgehead atoms. The minimum atomic E-state index is 0.214. The fourth-order valence-electron chi connectivity index (χ4n) is 1.90. The van der Waals surface area contributed by atoms with Crippen molar-refractivity contribution in [3.05, 3.63) is 72.2 Å². The highest BCUT2D eigenvalue weighted by Gasteiger charge is 2.09. The van der Waals surface area contributed by atoms with Crippen LogP contribution in [0.3, 0.4) is 0 Å². The van der Waals surface area contributed by atoms with Gasteiger partial charge in [-0.15, -0.1) is 0 Å². The number of aromatic hydroxyl groups is 1. The van der Waals surface area contributed by atoms with Gasteiger partial charge in [0.05, 0.1) is 6.20 Å². The Morgan fingerprint density at radius 3 is 2.48 bits per heavy atom. The Kier molecular flexibility index (Phi) is 3.75. The Labute approximate surface area is 127 Å². The van der Waals surface area contributed by atoms with Crippen molar-refractivity contribution in [2.24, 2.45) is 0 Å². The zero-order chi connectivity index (χ0) is 14.7. The summed E-state index contributed by atoms with van der Waals surface area (Å²) in [4.78, 5) is 4.19. The maximum Gasteiger partial charge on any atom is 0.238 e. The monoisotopic (exact) mass is 297 g/mol. The van der Waals surface area contributed by atoms with Gasteiger partial charge in [-0.25, -0.2) is 4.98 Å². The van der Waals surface area contributed by atoms with Gasteiger partial charge < -0.3 is 9.52 Å². The third-order valence-corrected chi connectivity index (χ3v) is 3.23. The van der Waals surface area contributed by atoms with E-state index in [4.69, 9.17) is 16.0 Å². The van der Waals surface area contributed by atoms with Crippen LogP contribution in [0.1, 0.15) is 11.5 Å². The van der Waals surface area contributed by atoms with Crippen LogP contribution < -0.4 is 0 Å². The summed E-state index contributed by atoms with van der Waals surface area (Å²) in [5.41, 5.74) is 1.81. The number of oxazole rings is 1. The van der Waals surface area contributed by atoms with Gasteiger partial charge in [0.25, 0.3) is 0 Å². The number of phenols is 1. The minimum absolute atomic E-state index is 0.214. The largest absolute Gasteiger partial charge is 0.508 e. The second-order valence-corrected chi connectivity index (χ2v) is 4.89. The lowest BCUT2D eigenvalue weighted by Gasteiger charge is -1.97. The van der Waals surface area contributed by atoms with Crippen molar-refractivity contribution in [3.63, 3.8) is 0 Å². The van der Waals surface area contributed by atoms with Crippen LogP contribution >= 0.6 is 11.6 Å². The van der Waals surface area contributed by atoms with E-state index >= 15 is 0 Å². The fraction of sp³-hybridized carbons (Fsp3) is 0. The molecule has 0 unspecified atom stereocenters. The average molecular weight is 298 g/mol. The summed E-state index contributed by atoms with van der Waals surface area (Å²) in [7, 11) is 0. The number of phenolic OH excluding ortho intramolecular Hbond substituents is 1. The number of rotatable bonds is 3. The molecular formula is C17H12ClNO2. The molecule has 3 rings (SSSR count). The average Bonchev–Trinajstić information content (AvgIpc) is 3.00. The summed E-state index contributed by atoms with van der Waals surface area (Å²) in [6.45, 7) is 0. The SMILES string of the molecule is Oc1ccc(/C=C(\Cl)c2ncc(-c3ccccc3)o2)cc1. The second kappa shape index (κ2) is 5.85. The summed E-state index contributed by atoms with van der Waals surface area (Å²) >= 11 is 6.22. The number of aromatic nitrogens is 1. The molecule has 0 fully saturated rings. The van der Waals surface area contributed by atoms with Crippen molar-refractivity contribution >= 4 is 22.7 Å². The number of benzene rings is 2. The molecule has 0 aliphatic rings. The molecule has 104 valence electrons. The first-order chi connectivity index (χ1) is 10.2. The van der Waals surface area contributed by atoms with Crippen LogP contribution in [0, 0.1) is 0 Å². The van der Waals surface area contributed by atoms with Gasteiger partial charge in [0.15, 0.2) is 5.76 Å². The molecule has 0 atom stereocenters. The fourth-order valence-corrected chi connectivity index (χ4v) is 2.11. The molecule has 4 heteroatoms. The van der Waals surface area contributed by atoms with Crippen molar-refractivity contribution in [3.8, 4) is 17.1 Å². The molecule has 0 saturated carbocycles. The van der Waals surface area contributed by atoms with Gasteiger partial charge in [0.2, 0.25) is 5.89 Å². The molecule has 0 spiro atoms. The van der Waals surface area contributed by atoms with E-state index in [1.54, 1.807) is 36.5 Å². The molecule has 2 aromatic carbocycles. The first-order valence-electron chi connectivity index (χ1n) is 6.40. The smallest absolute Gasteiger partial charge is 0.238 e. The molecule has 0 radical (unpaired) electrons. The second-order valence-electron chi connectivity index (χ2n) is 4.48. The molecule has 1 heterocycles. The molecule has 3 nitrogen and oxygen atoms in total. The van der Waals surface area contributed by atoms with Gasteiger partial charge in [0, 0.05) is 5.56 Å². The molecule has 21 heavy (non-hydrogen) atoms. The minimum Gasteiger partial charge on any atom is -0.508 e. The Morgan fingerprint density at radius 1 is 1.05 bits per heavy atom. The van der Waals surface area contributed by atoms with Crippen molar-refractivity contribution in [2.45, 2.75) is 0 Å². The molecule has 0 amide bonds. The summed E-state index contributed by atoms with van der Waals surface area (Å²) < 4.78 is 5.67. The normalized spacial score (nSPS) is 11.6. The Bertz CT molecular complexity index is 761. The zero-order valence-electron chi connectivity index (χ0n) is 11.0. The van der Waals surface area contributed by atoms with E-state index in [2.05, 4.69) is 4.98 Å². The maximum absolute atomic E-state index is 9.25. The Morgan fingerprint density at radius 2 is 1.76 bits per heavy atom. The van der Waals surface area contributed by atoms with Gasteiger partial charge in [0.1, 0.15) is 10.8 Å². The summed E-state index contributed by atoms with van der Waals surface area (Å²) in [6, 6.07) is 16.4. The molecule has 1 N–H and O–H groups in total. The van der Waals surface area contributed by atoms with Crippen LogP contribution in [0.2, 0.25) is 0 Å². The van der Waals surface area contributed by atoms with Gasteiger partial charge in [-0.3, -0.25) is 0 Å². The highest BCUT2D eigenvalue weighted by atomic mass is 35.5. The van der Waals surface area contributed by atoms with Gasteiger partial charge in [-0.2, -0.15) is 0 Å². The van der Waals surface area contributed by atoms with Crippen LogP contribution in [0.5, 0.6) is 5.75 Å². The number of halogens is 1. The maximum atomic E-state index is 9.25. The van der Waals surface area contributed by atoms with Crippen LogP contribution in [-0.2, 0) is 0 Å². The van der Waals surface area contributed by atoms with Gasteiger partial charge >= 0.3 is 0 Å². The van der Waals surface area contributed by atoms with Crippen molar-refractivity contribution in [1.29, 1.82) is 0 Å². The topological polar surface area (TPSA) is 46.3 Å². The lowest BCUT2D eigenvalue weighted by atomic mass is 10.2. The third kappa shape index (κ3) is 3.15. The third-order valence-electron chi connectivity index (χ3n) is 2.95. The van der Waals surface area contributed by atoms with E-state index in [0.29, 0.717) is 16.7 Å². The van der Waals surface area contributed by atoms with Crippen LogP contribution in [-0.4, -0.2) is 10.1 Å². The van der Waals surface area contributed by atoms with Gasteiger partial charge in [-0.1, -0.05) is 54.1 Å².